The fourth-order valence-electron chi connectivity index (χ4n) is 1.11. The molecule has 0 fully saturated rings. The van der Waals surface area contributed by atoms with Gasteiger partial charge in [0.25, 0.3) is 0 Å². The molecule has 0 aliphatic rings. The zero-order chi connectivity index (χ0) is 11.6. The first-order valence-corrected chi connectivity index (χ1v) is 5.14. The van der Waals surface area contributed by atoms with Crippen LogP contribution in [0.4, 0.5) is 0 Å². The first kappa shape index (κ1) is 12.2. The van der Waals surface area contributed by atoms with E-state index in [1.807, 2.05) is 24.3 Å². The van der Waals surface area contributed by atoms with Gasteiger partial charge in [0, 0.05) is 18.3 Å². The highest BCUT2D eigenvalue weighted by Gasteiger charge is 1.96. The minimum absolute atomic E-state index is 0.239. The Balaban J connectivity index is 2.23. The zero-order valence-electron chi connectivity index (χ0n) is 9.13. The van der Waals surface area contributed by atoms with Crippen LogP contribution >= 0.6 is 0 Å². The molecule has 0 unspecified atom stereocenters. The summed E-state index contributed by atoms with van der Waals surface area (Å²) in [7, 11) is 0. The molecule has 0 bridgehead atoms. The first-order valence-electron chi connectivity index (χ1n) is 5.14. The van der Waals surface area contributed by atoms with E-state index in [0.29, 0.717) is 6.42 Å². The number of rotatable bonds is 6. The van der Waals surface area contributed by atoms with Gasteiger partial charge in [-0.3, -0.25) is 9.78 Å². The van der Waals surface area contributed by atoms with Crippen molar-refractivity contribution in [3.05, 3.63) is 54.9 Å². The second kappa shape index (κ2) is 7.40. The number of hydrogen-bond donors (Lipinski definition) is 0. The van der Waals surface area contributed by atoms with Crippen molar-refractivity contribution in [2.24, 2.45) is 0 Å². The number of pyridine rings is 1. The average Bonchev–Trinajstić information content (AvgIpc) is 2.33. The number of carbonyl (C=O) groups excluding carboxylic acids is 1. The molecule has 0 aromatic carbocycles. The Labute approximate surface area is 95.5 Å². The van der Waals surface area contributed by atoms with Gasteiger partial charge < -0.3 is 4.74 Å². The van der Waals surface area contributed by atoms with Gasteiger partial charge in [0.2, 0.25) is 0 Å². The lowest BCUT2D eigenvalue weighted by molar-refractivity contribution is -0.141. The minimum Gasteiger partial charge on any atom is -0.461 e. The Kier molecular flexibility index (Phi) is 5.63. The number of nitrogens with zero attached hydrogens (tertiary/aromatic N) is 1. The van der Waals surface area contributed by atoms with Gasteiger partial charge in [-0.25, -0.2) is 0 Å². The van der Waals surface area contributed by atoms with Crippen LogP contribution in [0.2, 0.25) is 0 Å². The summed E-state index contributed by atoms with van der Waals surface area (Å²) in [6.45, 7) is 3.74. The molecule has 84 valence electrons. The maximum Gasteiger partial charge on any atom is 0.309 e. The molecule has 1 rings (SSSR count). The summed E-state index contributed by atoms with van der Waals surface area (Å²) in [5.74, 6) is -0.239. The fourth-order valence-corrected chi connectivity index (χ4v) is 1.11. The molecule has 1 aromatic heterocycles. The van der Waals surface area contributed by atoms with E-state index in [1.54, 1.807) is 18.3 Å². The van der Waals surface area contributed by atoms with Crippen LogP contribution in [0.25, 0.3) is 0 Å². The maximum atomic E-state index is 11.1. The Bertz CT molecular complexity index is 357. The van der Waals surface area contributed by atoms with Gasteiger partial charge >= 0.3 is 5.97 Å². The second-order valence-corrected chi connectivity index (χ2v) is 3.17. The highest BCUT2D eigenvalue weighted by molar-refractivity contribution is 5.71. The van der Waals surface area contributed by atoms with Crippen molar-refractivity contribution in [2.75, 3.05) is 6.61 Å². The van der Waals surface area contributed by atoms with Crippen LogP contribution in [0.5, 0.6) is 0 Å². The monoisotopic (exact) mass is 217 g/mol. The molecule has 0 spiro atoms. The van der Waals surface area contributed by atoms with E-state index in [2.05, 4.69) is 11.6 Å². The number of carbonyl (C=O) groups is 1. The Hall–Kier alpha value is -1.90. The van der Waals surface area contributed by atoms with Crippen LogP contribution in [0.3, 0.4) is 0 Å². The van der Waals surface area contributed by atoms with Gasteiger partial charge in [-0.05, 0) is 12.1 Å². The summed E-state index contributed by atoms with van der Waals surface area (Å²) in [6, 6.07) is 5.76. The number of hydrogen-bond acceptors (Lipinski definition) is 3. The minimum atomic E-state index is -0.239. The zero-order valence-corrected chi connectivity index (χ0v) is 9.13. The van der Waals surface area contributed by atoms with Crippen LogP contribution < -0.4 is 0 Å². The molecule has 0 radical (unpaired) electrons. The molecule has 0 aliphatic heterocycles. The second-order valence-electron chi connectivity index (χ2n) is 3.17. The third-order valence-electron chi connectivity index (χ3n) is 1.87. The molecule has 0 saturated carbocycles. The van der Waals surface area contributed by atoms with E-state index >= 15 is 0 Å². The number of ether oxygens (including phenoxy) is 1. The quantitative estimate of drug-likeness (QED) is 0.542. The molecule has 0 atom stereocenters. The molecule has 1 heterocycles. The van der Waals surface area contributed by atoms with Crippen molar-refractivity contribution in [3.63, 3.8) is 0 Å². The van der Waals surface area contributed by atoms with Crippen molar-refractivity contribution in [3.8, 4) is 0 Å². The van der Waals surface area contributed by atoms with E-state index in [-0.39, 0.29) is 12.6 Å². The summed E-state index contributed by atoms with van der Waals surface area (Å²) in [5.41, 5.74) is 0.984. The molecule has 16 heavy (non-hydrogen) atoms. The average molecular weight is 217 g/mol. The highest BCUT2D eigenvalue weighted by atomic mass is 16.5. The van der Waals surface area contributed by atoms with Crippen molar-refractivity contribution in [1.29, 1.82) is 0 Å². The van der Waals surface area contributed by atoms with Gasteiger partial charge in [0.15, 0.2) is 0 Å². The SMILES string of the molecule is C=CCOC(=O)CC=CCc1ccccn1. The van der Waals surface area contributed by atoms with Gasteiger partial charge in [-0.1, -0.05) is 30.9 Å². The normalized spacial score (nSPS) is 10.2. The van der Waals surface area contributed by atoms with E-state index in [0.717, 1.165) is 12.1 Å². The smallest absolute Gasteiger partial charge is 0.309 e. The van der Waals surface area contributed by atoms with Gasteiger partial charge in [0.1, 0.15) is 6.61 Å². The molecule has 3 heteroatoms. The van der Waals surface area contributed by atoms with Crippen molar-refractivity contribution >= 4 is 5.97 Å². The summed E-state index contributed by atoms with van der Waals surface area (Å²) in [5, 5.41) is 0. The summed E-state index contributed by atoms with van der Waals surface area (Å²) < 4.78 is 4.82. The fraction of sp³-hybridized carbons (Fsp3) is 0.231. The van der Waals surface area contributed by atoms with Crippen LogP contribution in [0, 0.1) is 0 Å². The molecule has 0 aliphatic carbocycles. The molecular weight excluding hydrogens is 202 g/mol. The lowest BCUT2D eigenvalue weighted by Gasteiger charge is -1.97. The number of aromatic nitrogens is 1. The van der Waals surface area contributed by atoms with E-state index in [9.17, 15) is 4.79 Å². The lowest BCUT2D eigenvalue weighted by Crippen LogP contribution is -2.02. The molecule has 0 N–H and O–H groups in total. The third kappa shape index (κ3) is 5.10. The topological polar surface area (TPSA) is 39.2 Å². The lowest BCUT2D eigenvalue weighted by atomic mass is 10.2. The van der Waals surface area contributed by atoms with Gasteiger partial charge in [0.05, 0.1) is 6.42 Å². The summed E-state index contributed by atoms with van der Waals surface area (Å²) in [6.07, 6.45) is 8.03. The standard InChI is InChI=1S/C13H15NO2/c1-2-11-16-13(15)9-4-3-7-12-8-5-6-10-14-12/h2-6,8,10H,1,7,9,11H2. The molecular formula is C13H15NO2. The maximum absolute atomic E-state index is 11.1. The van der Waals surface area contributed by atoms with E-state index in [1.165, 1.54) is 0 Å². The summed E-state index contributed by atoms with van der Waals surface area (Å²) >= 11 is 0. The Morgan fingerprint density at radius 1 is 1.44 bits per heavy atom. The summed E-state index contributed by atoms with van der Waals surface area (Å²) in [4.78, 5) is 15.2. The van der Waals surface area contributed by atoms with E-state index in [4.69, 9.17) is 4.74 Å². The molecule has 0 amide bonds. The van der Waals surface area contributed by atoms with E-state index < -0.39 is 0 Å². The highest BCUT2D eigenvalue weighted by Crippen LogP contribution is 1.97. The number of allylic oxidation sites excluding steroid dienone is 1. The predicted octanol–water partition coefficient (Wildman–Crippen LogP) is 2.30. The van der Waals surface area contributed by atoms with Crippen LogP contribution in [-0.4, -0.2) is 17.6 Å². The van der Waals surface area contributed by atoms with Crippen LogP contribution in [0.1, 0.15) is 12.1 Å². The molecule has 1 aromatic rings. The third-order valence-corrected chi connectivity index (χ3v) is 1.87. The Morgan fingerprint density at radius 3 is 3.00 bits per heavy atom. The largest absolute Gasteiger partial charge is 0.461 e. The molecule has 0 saturated heterocycles. The van der Waals surface area contributed by atoms with Gasteiger partial charge in [-0.15, -0.1) is 0 Å². The van der Waals surface area contributed by atoms with Crippen molar-refractivity contribution in [2.45, 2.75) is 12.8 Å². The van der Waals surface area contributed by atoms with Crippen molar-refractivity contribution in [1.82, 2.24) is 4.98 Å². The van der Waals surface area contributed by atoms with Crippen LogP contribution in [-0.2, 0) is 16.0 Å². The number of esters is 1. The van der Waals surface area contributed by atoms with Crippen molar-refractivity contribution < 1.29 is 9.53 Å². The first-order chi connectivity index (χ1) is 7.83. The van der Waals surface area contributed by atoms with Gasteiger partial charge in [-0.2, -0.15) is 0 Å². The molecule has 3 nitrogen and oxygen atoms in total. The van der Waals surface area contributed by atoms with Crippen LogP contribution in [0.15, 0.2) is 49.2 Å². The predicted molar refractivity (Wildman–Crippen MR) is 62.9 cm³/mol. The Morgan fingerprint density at radius 2 is 2.31 bits per heavy atom.